The van der Waals surface area contributed by atoms with Gasteiger partial charge in [-0.05, 0) is 37.1 Å². The molecule has 1 atom stereocenters. The van der Waals surface area contributed by atoms with Gasteiger partial charge in [0.05, 0.1) is 0 Å². The summed E-state index contributed by atoms with van der Waals surface area (Å²) in [6.45, 7) is 8.64. The SMILES string of the molecule is NC(=O)CCN1CCC[C@H](N2CCN(Cc3ccc4c(c3)OCO4)CC2)C1. The molecular weight excluding hydrogens is 344 g/mol. The average molecular weight is 374 g/mol. The van der Waals surface area contributed by atoms with Crippen molar-refractivity contribution in [3.8, 4) is 11.5 Å². The van der Waals surface area contributed by atoms with Crippen molar-refractivity contribution >= 4 is 5.91 Å². The molecule has 2 saturated heterocycles. The van der Waals surface area contributed by atoms with Gasteiger partial charge >= 0.3 is 0 Å². The fraction of sp³-hybridized carbons (Fsp3) is 0.650. The highest BCUT2D eigenvalue weighted by Gasteiger charge is 2.28. The number of primary amides is 1. The molecule has 0 radical (unpaired) electrons. The van der Waals surface area contributed by atoms with E-state index in [-0.39, 0.29) is 5.91 Å². The van der Waals surface area contributed by atoms with Crippen LogP contribution in [0.4, 0.5) is 0 Å². The molecule has 0 spiro atoms. The summed E-state index contributed by atoms with van der Waals surface area (Å²) in [5.41, 5.74) is 6.58. The van der Waals surface area contributed by atoms with Crippen LogP contribution in [-0.2, 0) is 11.3 Å². The van der Waals surface area contributed by atoms with E-state index in [1.54, 1.807) is 0 Å². The van der Waals surface area contributed by atoms with Crippen molar-refractivity contribution in [2.75, 3.05) is 52.6 Å². The van der Waals surface area contributed by atoms with Gasteiger partial charge in [-0.2, -0.15) is 0 Å². The molecule has 3 aliphatic heterocycles. The summed E-state index contributed by atoms with van der Waals surface area (Å²) in [5, 5.41) is 0. The van der Waals surface area contributed by atoms with E-state index in [4.69, 9.17) is 15.2 Å². The Hall–Kier alpha value is -1.83. The Labute approximate surface area is 161 Å². The van der Waals surface area contributed by atoms with Crippen LogP contribution in [-0.4, -0.2) is 79.3 Å². The molecule has 3 heterocycles. The summed E-state index contributed by atoms with van der Waals surface area (Å²) in [6.07, 6.45) is 2.94. The van der Waals surface area contributed by atoms with E-state index in [0.717, 1.165) is 63.9 Å². The van der Waals surface area contributed by atoms with Crippen molar-refractivity contribution < 1.29 is 14.3 Å². The lowest BCUT2D eigenvalue weighted by Gasteiger charge is -2.43. The van der Waals surface area contributed by atoms with E-state index < -0.39 is 0 Å². The third-order valence-electron chi connectivity index (χ3n) is 5.92. The minimum Gasteiger partial charge on any atom is -0.454 e. The lowest BCUT2D eigenvalue weighted by atomic mass is 10.0. The number of piperazine rings is 1. The first-order chi connectivity index (χ1) is 13.2. The van der Waals surface area contributed by atoms with E-state index in [9.17, 15) is 4.79 Å². The number of ether oxygens (including phenoxy) is 2. The van der Waals surface area contributed by atoms with Gasteiger partial charge in [0.2, 0.25) is 12.7 Å². The summed E-state index contributed by atoms with van der Waals surface area (Å²) in [6, 6.07) is 6.86. The lowest BCUT2D eigenvalue weighted by Crippen LogP contribution is -2.55. The first kappa shape index (κ1) is 18.5. The fourth-order valence-corrected chi connectivity index (χ4v) is 4.38. The van der Waals surface area contributed by atoms with Gasteiger partial charge in [0.25, 0.3) is 0 Å². The van der Waals surface area contributed by atoms with Crippen LogP contribution in [0.1, 0.15) is 24.8 Å². The molecule has 0 aromatic heterocycles. The molecule has 7 heteroatoms. The van der Waals surface area contributed by atoms with E-state index >= 15 is 0 Å². The van der Waals surface area contributed by atoms with Gasteiger partial charge in [-0.15, -0.1) is 0 Å². The molecule has 0 unspecified atom stereocenters. The third-order valence-corrected chi connectivity index (χ3v) is 5.92. The maximum atomic E-state index is 11.0. The highest BCUT2D eigenvalue weighted by atomic mass is 16.7. The Bertz CT molecular complexity index is 661. The smallest absolute Gasteiger partial charge is 0.231 e. The van der Waals surface area contributed by atoms with Crippen LogP contribution in [0.2, 0.25) is 0 Å². The summed E-state index contributed by atoms with van der Waals surface area (Å²) < 4.78 is 10.9. The third kappa shape index (κ3) is 4.72. The van der Waals surface area contributed by atoms with Gasteiger partial charge in [-0.3, -0.25) is 14.6 Å². The van der Waals surface area contributed by atoms with Crippen molar-refractivity contribution in [1.82, 2.24) is 14.7 Å². The Morgan fingerprint density at radius 1 is 1.07 bits per heavy atom. The molecule has 1 aromatic carbocycles. The number of benzene rings is 1. The zero-order valence-electron chi connectivity index (χ0n) is 15.9. The summed E-state index contributed by atoms with van der Waals surface area (Å²) in [7, 11) is 0. The largest absolute Gasteiger partial charge is 0.454 e. The van der Waals surface area contributed by atoms with Gasteiger partial charge in [-0.1, -0.05) is 6.07 Å². The van der Waals surface area contributed by atoms with Gasteiger partial charge in [0, 0.05) is 58.3 Å². The second kappa shape index (κ2) is 8.46. The molecule has 1 aromatic rings. The zero-order valence-corrected chi connectivity index (χ0v) is 15.9. The molecular formula is C20H30N4O3. The van der Waals surface area contributed by atoms with Crippen LogP contribution in [0.3, 0.4) is 0 Å². The average Bonchev–Trinajstić information content (AvgIpc) is 3.15. The first-order valence-corrected chi connectivity index (χ1v) is 10.0. The van der Waals surface area contributed by atoms with Crippen LogP contribution < -0.4 is 15.2 Å². The van der Waals surface area contributed by atoms with Crippen LogP contribution in [0.15, 0.2) is 18.2 Å². The molecule has 1 amide bonds. The van der Waals surface area contributed by atoms with Crippen LogP contribution in [0.5, 0.6) is 11.5 Å². The minimum absolute atomic E-state index is 0.200. The number of piperidine rings is 1. The number of carbonyl (C=O) groups excluding carboxylic acids is 1. The second-order valence-corrected chi connectivity index (χ2v) is 7.81. The maximum absolute atomic E-state index is 11.0. The van der Waals surface area contributed by atoms with Crippen molar-refractivity contribution in [3.05, 3.63) is 23.8 Å². The number of carbonyl (C=O) groups is 1. The number of hydrogen-bond acceptors (Lipinski definition) is 6. The van der Waals surface area contributed by atoms with Gasteiger partial charge < -0.3 is 20.1 Å². The number of amides is 1. The molecule has 148 valence electrons. The standard InChI is InChI=1S/C20H30N4O3/c21-20(25)5-7-22-6-1-2-17(14-22)24-10-8-23(9-11-24)13-16-3-4-18-19(12-16)27-15-26-18/h3-4,12,17H,1-2,5-11,13-15H2,(H2,21,25)/t17-/m0/s1. The second-order valence-electron chi connectivity index (χ2n) is 7.81. The Kier molecular flexibility index (Phi) is 5.80. The molecule has 27 heavy (non-hydrogen) atoms. The molecule has 2 N–H and O–H groups in total. The molecule has 0 bridgehead atoms. The quantitative estimate of drug-likeness (QED) is 0.797. The lowest BCUT2D eigenvalue weighted by molar-refractivity contribution is -0.118. The molecule has 7 nitrogen and oxygen atoms in total. The number of rotatable bonds is 6. The Morgan fingerprint density at radius 3 is 2.70 bits per heavy atom. The van der Waals surface area contributed by atoms with Crippen molar-refractivity contribution in [2.24, 2.45) is 5.73 Å². The van der Waals surface area contributed by atoms with E-state index in [0.29, 0.717) is 19.3 Å². The van der Waals surface area contributed by atoms with Gasteiger partial charge in [-0.25, -0.2) is 0 Å². The van der Waals surface area contributed by atoms with Gasteiger partial charge in [0.15, 0.2) is 11.5 Å². The molecule has 3 aliphatic rings. The summed E-state index contributed by atoms with van der Waals surface area (Å²) in [4.78, 5) is 18.6. The maximum Gasteiger partial charge on any atom is 0.231 e. The topological polar surface area (TPSA) is 71.3 Å². The predicted molar refractivity (Wildman–Crippen MR) is 103 cm³/mol. The van der Waals surface area contributed by atoms with Crippen molar-refractivity contribution in [2.45, 2.75) is 31.8 Å². The normalized spacial score (nSPS) is 24.2. The Balaban J connectivity index is 1.24. The number of nitrogens with two attached hydrogens (primary N) is 1. The first-order valence-electron chi connectivity index (χ1n) is 10.0. The van der Waals surface area contributed by atoms with Crippen molar-refractivity contribution in [3.63, 3.8) is 0 Å². The molecule has 2 fully saturated rings. The van der Waals surface area contributed by atoms with Crippen LogP contribution in [0.25, 0.3) is 0 Å². The van der Waals surface area contributed by atoms with E-state index in [2.05, 4.69) is 26.8 Å². The van der Waals surface area contributed by atoms with Crippen LogP contribution >= 0.6 is 0 Å². The zero-order chi connectivity index (χ0) is 18.6. The van der Waals surface area contributed by atoms with Crippen molar-refractivity contribution in [1.29, 1.82) is 0 Å². The summed E-state index contributed by atoms with van der Waals surface area (Å²) in [5.74, 6) is 1.51. The van der Waals surface area contributed by atoms with Gasteiger partial charge in [0.1, 0.15) is 0 Å². The van der Waals surface area contributed by atoms with E-state index in [1.807, 2.05) is 6.07 Å². The minimum atomic E-state index is -0.200. The van der Waals surface area contributed by atoms with Crippen LogP contribution in [0, 0.1) is 0 Å². The van der Waals surface area contributed by atoms with E-state index in [1.165, 1.54) is 18.4 Å². The molecule has 4 rings (SSSR count). The summed E-state index contributed by atoms with van der Waals surface area (Å²) >= 11 is 0. The predicted octanol–water partition coefficient (Wildman–Crippen LogP) is 0.873. The number of fused-ring (bicyclic) bond motifs is 1. The molecule has 0 aliphatic carbocycles. The highest BCUT2D eigenvalue weighted by Crippen LogP contribution is 2.33. The highest BCUT2D eigenvalue weighted by molar-refractivity contribution is 5.73. The number of hydrogen-bond donors (Lipinski definition) is 1. The monoisotopic (exact) mass is 374 g/mol. The Morgan fingerprint density at radius 2 is 1.89 bits per heavy atom. The fourth-order valence-electron chi connectivity index (χ4n) is 4.38. The molecule has 0 saturated carbocycles. The number of likely N-dealkylation sites (tertiary alicyclic amines) is 1. The number of nitrogens with zero attached hydrogens (tertiary/aromatic N) is 3.